The van der Waals surface area contributed by atoms with Crippen LogP contribution in [0.4, 0.5) is 14.6 Å². The van der Waals surface area contributed by atoms with Crippen LogP contribution < -0.4 is 5.73 Å². The second-order valence-electron chi connectivity index (χ2n) is 10.7. The van der Waals surface area contributed by atoms with Gasteiger partial charge in [0, 0.05) is 32.1 Å². The zero-order valence-corrected chi connectivity index (χ0v) is 20.7. The first-order valence-corrected chi connectivity index (χ1v) is 12.7. The molecule has 0 saturated carbocycles. The Labute approximate surface area is 208 Å². The van der Waals surface area contributed by atoms with Gasteiger partial charge in [-0.3, -0.25) is 9.80 Å². The van der Waals surface area contributed by atoms with E-state index in [1.54, 1.807) is 4.52 Å². The molecule has 4 saturated heterocycles. The van der Waals surface area contributed by atoms with Gasteiger partial charge in [0.25, 0.3) is 5.92 Å². The smallest absolute Gasteiger partial charge is 0.262 e. The zero-order chi connectivity index (χ0) is 25.1. The van der Waals surface area contributed by atoms with Gasteiger partial charge in [-0.1, -0.05) is 0 Å². The highest BCUT2D eigenvalue weighted by Crippen LogP contribution is 2.46. The van der Waals surface area contributed by atoms with Gasteiger partial charge in [-0.05, 0) is 38.9 Å². The zero-order valence-electron chi connectivity index (χ0n) is 20.7. The van der Waals surface area contributed by atoms with Crippen molar-refractivity contribution in [1.82, 2.24) is 24.4 Å². The van der Waals surface area contributed by atoms with Crippen molar-refractivity contribution in [2.45, 2.75) is 68.9 Å². The van der Waals surface area contributed by atoms with Crippen LogP contribution in [0.5, 0.6) is 0 Å². The molecule has 6 rings (SSSR count). The van der Waals surface area contributed by atoms with Crippen molar-refractivity contribution < 1.29 is 27.7 Å². The van der Waals surface area contributed by atoms with E-state index in [4.69, 9.17) is 24.7 Å². The van der Waals surface area contributed by atoms with Gasteiger partial charge in [-0.2, -0.15) is 5.10 Å². The van der Waals surface area contributed by atoms with E-state index in [-0.39, 0.29) is 25.1 Å². The largest absolute Gasteiger partial charge is 0.382 e. The molecule has 5 atom stereocenters. The van der Waals surface area contributed by atoms with Gasteiger partial charge in [0.2, 0.25) is 0 Å². The van der Waals surface area contributed by atoms with Crippen LogP contribution in [0.2, 0.25) is 0 Å². The second-order valence-corrected chi connectivity index (χ2v) is 10.7. The van der Waals surface area contributed by atoms with Crippen molar-refractivity contribution in [3.63, 3.8) is 0 Å². The Bertz CT molecular complexity index is 1090. The summed E-state index contributed by atoms with van der Waals surface area (Å²) in [5.41, 5.74) is 7.47. The van der Waals surface area contributed by atoms with E-state index in [1.165, 1.54) is 6.33 Å². The van der Waals surface area contributed by atoms with Crippen molar-refractivity contribution in [2.24, 2.45) is 0 Å². The van der Waals surface area contributed by atoms with E-state index in [9.17, 15) is 8.78 Å². The molecule has 2 aromatic heterocycles. The van der Waals surface area contributed by atoms with E-state index < -0.39 is 30.0 Å². The molecule has 12 heteroatoms. The van der Waals surface area contributed by atoms with E-state index in [0.29, 0.717) is 37.5 Å². The van der Waals surface area contributed by atoms with Gasteiger partial charge in [0.15, 0.2) is 11.6 Å². The van der Waals surface area contributed by atoms with Crippen LogP contribution in [0.15, 0.2) is 18.5 Å². The van der Waals surface area contributed by atoms with Crippen molar-refractivity contribution in [3.05, 3.63) is 24.2 Å². The first-order valence-electron chi connectivity index (χ1n) is 12.7. The molecule has 198 valence electrons. The maximum Gasteiger partial charge on any atom is 0.262 e. The van der Waals surface area contributed by atoms with E-state index in [1.807, 2.05) is 30.9 Å². The molecule has 4 aliphatic heterocycles. The average molecular weight is 509 g/mol. The SMILES string of the molecule is CC1(C)O[C@@H]2[C@H](O1)[C@@H](CN1CC(F)(F)C[C@H]1CCN1CCOCC1)O[C@H]2c1ccc2c(N)ncnn12. The lowest BCUT2D eigenvalue weighted by molar-refractivity contribution is -0.190. The van der Waals surface area contributed by atoms with Crippen molar-refractivity contribution in [3.8, 4) is 0 Å². The molecule has 0 amide bonds. The number of nitrogens with zero attached hydrogens (tertiary/aromatic N) is 5. The molecule has 0 spiro atoms. The van der Waals surface area contributed by atoms with Crippen LogP contribution in [0, 0.1) is 0 Å². The van der Waals surface area contributed by atoms with E-state index in [2.05, 4.69) is 15.0 Å². The highest BCUT2D eigenvalue weighted by molar-refractivity contribution is 5.65. The molecule has 2 aromatic rings. The summed E-state index contributed by atoms with van der Waals surface area (Å²) >= 11 is 0. The number of nitrogen functional groups attached to an aromatic ring is 1. The summed E-state index contributed by atoms with van der Waals surface area (Å²) in [6, 6.07) is 3.52. The fraction of sp³-hybridized carbons (Fsp3) is 0.750. The van der Waals surface area contributed by atoms with Crippen LogP contribution in [0.25, 0.3) is 5.52 Å². The standard InChI is InChI=1S/C24H34F2N6O4/c1-23(2)35-20-18(12-31-13-24(25,26)11-15(31)5-6-30-7-9-33-10-8-30)34-19(21(20)36-23)16-3-4-17-22(27)28-14-29-32(16)17/h3-4,14-15,18-21H,5-13H2,1-2H3,(H2,27,28,29)/t15-,18-,19+,20-,21+/m1/s1. The number of halogens is 2. The third kappa shape index (κ3) is 4.59. The Morgan fingerprint density at radius 2 is 1.92 bits per heavy atom. The summed E-state index contributed by atoms with van der Waals surface area (Å²) in [7, 11) is 0. The fourth-order valence-corrected chi connectivity index (χ4v) is 6.11. The van der Waals surface area contributed by atoms with Crippen LogP contribution in [0.3, 0.4) is 0 Å². The number of nitrogens with two attached hydrogens (primary N) is 1. The number of aromatic nitrogens is 3. The maximum absolute atomic E-state index is 14.6. The quantitative estimate of drug-likeness (QED) is 0.625. The molecule has 36 heavy (non-hydrogen) atoms. The Kier molecular flexibility index (Phi) is 6.17. The number of anilines is 1. The summed E-state index contributed by atoms with van der Waals surface area (Å²) in [6.45, 7) is 7.68. The third-order valence-corrected chi connectivity index (χ3v) is 7.73. The van der Waals surface area contributed by atoms with Crippen LogP contribution >= 0.6 is 0 Å². The number of hydrogen-bond acceptors (Lipinski definition) is 9. The van der Waals surface area contributed by atoms with Crippen molar-refractivity contribution in [1.29, 1.82) is 0 Å². The number of rotatable bonds is 6. The predicted octanol–water partition coefficient (Wildman–Crippen LogP) is 1.70. The van der Waals surface area contributed by atoms with E-state index in [0.717, 1.165) is 25.3 Å². The average Bonchev–Trinajstić information content (AvgIpc) is 3.55. The van der Waals surface area contributed by atoms with Gasteiger partial charge < -0.3 is 24.7 Å². The number of alkyl halides is 2. The molecule has 0 aromatic carbocycles. The Hall–Kier alpha value is -1.96. The van der Waals surface area contributed by atoms with Crippen LogP contribution in [0.1, 0.15) is 38.5 Å². The van der Waals surface area contributed by atoms with Gasteiger partial charge in [-0.25, -0.2) is 18.3 Å². The molecule has 10 nitrogen and oxygen atoms in total. The fourth-order valence-electron chi connectivity index (χ4n) is 6.11. The lowest BCUT2D eigenvalue weighted by Crippen LogP contribution is -2.44. The minimum atomic E-state index is -2.72. The maximum atomic E-state index is 14.6. The molecule has 0 aliphatic carbocycles. The van der Waals surface area contributed by atoms with Gasteiger partial charge in [0.05, 0.1) is 25.5 Å². The number of morpholine rings is 1. The highest BCUT2D eigenvalue weighted by atomic mass is 19.3. The summed E-state index contributed by atoms with van der Waals surface area (Å²) in [4.78, 5) is 8.23. The summed E-state index contributed by atoms with van der Waals surface area (Å²) in [6.07, 6.45) is 0.265. The summed E-state index contributed by atoms with van der Waals surface area (Å²) < 4.78 is 55.3. The molecular weight excluding hydrogens is 474 g/mol. The van der Waals surface area contributed by atoms with Crippen molar-refractivity contribution >= 4 is 11.3 Å². The molecule has 2 N–H and O–H groups in total. The van der Waals surface area contributed by atoms with E-state index >= 15 is 0 Å². The Balaban J connectivity index is 1.21. The second kappa shape index (κ2) is 9.10. The minimum Gasteiger partial charge on any atom is -0.382 e. The third-order valence-electron chi connectivity index (χ3n) is 7.73. The first-order chi connectivity index (χ1) is 17.2. The molecule has 0 unspecified atom stereocenters. The number of likely N-dealkylation sites (tertiary alicyclic amines) is 1. The van der Waals surface area contributed by atoms with Gasteiger partial charge in [0.1, 0.15) is 36.3 Å². The molecule has 0 radical (unpaired) electrons. The molecule has 6 heterocycles. The number of hydrogen-bond donors (Lipinski definition) is 1. The first kappa shape index (κ1) is 24.4. The topological polar surface area (TPSA) is 99.6 Å². The lowest BCUT2D eigenvalue weighted by atomic mass is 10.0. The van der Waals surface area contributed by atoms with Crippen LogP contribution in [-0.2, 0) is 18.9 Å². The Morgan fingerprint density at radius 1 is 1.14 bits per heavy atom. The minimum absolute atomic E-state index is 0.135. The molecular formula is C24H34F2N6O4. The normalized spacial score (nSPS) is 34.5. The van der Waals surface area contributed by atoms with Crippen molar-refractivity contribution in [2.75, 3.05) is 51.7 Å². The molecule has 4 fully saturated rings. The predicted molar refractivity (Wildman–Crippen MR) is 126 cm³/mol. The molecule has 0 bridgehead atoms. The Morgan fingerprint density at radius 3 is 2.72 bits per heavy atom. The monoisotopic (exact) mass is 508 g/mol. The van der Waals surface area contributed by atoms with Gasteiger partial charge in [-0.15, -0.1) is 0 Å². The summed E-state index contributed by atoms with van der Waals surface area (Å²) in [5, 5.41) is 4.35. The number of fused-ring (bicyclic) bond motifs is 2. The van der Waals surface area contributed by atoms with Crippen LogP contribution in [-0.4, -0.2) is 106 Å². The number of ether oxygens (including phenoxy) is 4. The van der Waals surface area contributed by atoms with Gasteiger partial charge >= 0.3 is 0 Å². The lowest BCUT2D eigenvalue weighted by Gasteiger charge is -2.32. The highest BCUT2D eigenvalue weighted by Gasteiger charge is 2.57. The molecule has 4 aliphatic rings. The summed E-state index contributed by atoms with van der Waals surface area (Å²) in [5.74, 6) is -3.15.